The zero-order chi connectivity index (χ0) is 16.2. The maximum Gasteiger partial charge on any atom is 0.247 e. The van der Waals surface area contributed by atoms with Gasteiger partial charge in [-0.2, -0.15) is 5.10 Å². The minimum Gasteiger partial charge on any atom is -0.486 e. The molecule has 2 aliphatic rings. The lowest BCUT2D eigenvalue weighted by Gasteiger charge is -2.18. The first-order valence-corrected chi connectivity index (χ1v) is 8.28. The molecule has 0 saturated carbocycles. The summed E-state index contributed by atoms with van der Waals surface area (Å²) in [7, 11) is 0. The molecule has 0 saturated heterocycles. The number of hydrogen-bond acceptors (Lipinski definition) is 6. The van der Waals surface area contributed by atoms with Gasteiger partial charge in [0.15, 0.2) is 11.5 Å². The summed E-state index contributed by atoms with van der Waals surface area (Å²) in [6.07, 6.45) is 0. The molecule has 7 heteroatoms. The van der Waals surface area contributed by atoms with Crippen LogP contribution >= 0.6 is 11.8 Å². The average Bonchev–Trinajstić information content (AvgIpc) is 2.56. The Bertz CT molecular complexity index is 681. The van der Waals surface area contributed by atoms with Crippen LogP contribution in [0.25, 0.3) is 0 Å². The Morgan fingerprint density at radius 3 is 2.48 bits per heavy atom. The lowest BCUT2D eigenvalue weighted by molar-refractivity contribution is 0.170. The van der Waals surface area contributed by atoms with Crippen LogP contribution in [0.5, 0.6) is 17.4 Å². The molecular formula is C16H17FN2O3S. The highest BCUT2D eigenvalue weighted by atomic mass is 32.2. The van der Waals surface area contributed by atoms with Crippen molar-refractivity contribution in [3.63, 3.8) is 0 Å². The molecule has 2 aromatic rings. The summed E-state index contributed by atoms with van der Waals surface area (Å²) in [6.45, 7) is 5.42. The molecule has 0 unspecified atom stereocenters. The van der Waals surface area contributed by atoms with Crippen molar-refractivity contribution < 1.29 is 18.6 Å². The van der Waals surface area contributed by atoms with E-state index in [-0.39, 0.29) is 5.82 Å². The predicted molar refractivity (Wildman–Crippen MR) is 85.1 cm³/mol. The first-order valence-electron chi connectivity index (χ1n) is 7.29. The van der Waals surface area contributed by atoms with Gasteiger partial charge in [0.25, 0.3) is 0 Å². The number of aryl methyl sites for hydroxylation is 2. The highest BCUT2D eigenvalue weighted by Crippen LogP contribution is 2.32. The number of halogens is 1. The molecule has 0 radical (unpaired) electrons. The van der Waals surface area contributed by atoms with Crippen molar-refractivity contribution in [1.29, 1.82) is 0 Å². The molecule has 0 fully saturated rings. The fourth-order valence-electron chi connectivity index (χ4n) is 2.11. The molecule has 0 atom stereocenters. The van der Waals surface area contributed by atoms with E-state index in [0.717, 1.165) is 22.9 Å². The molecule has 5 nitrogen and oxygen atoms in total. The minimum atomic E-state index is -0.251. The summed E-state index contributed by atoms with van der Waals surface area (Å²) < 4.78 is 28.7. The average molecular weight is 336 g/mol. The zero-order valence-electron chi connectivity index (χ0n) is 13.0. The molecule has 0 aliphatic carbocycles. The Kier molecular flexibility index (Phi) is 4.85. The molecule has 2 aliphatic heterocycles. The van der Waals surface area contributed by atoms with E-state index in [1.807, 2.05) is 13.0 Å². The fraction of sp³-hybridized carbons (Fsp3) is 0.375. The van der Waals surface area contributed by atoms with Gasteiger partial charge in [-0.25, -0.2) is 4.39 Å². The number of thioether (sulfide) groups is 1. The van der Waals surface area contributed by atoms with Crippen molar-refractivity contribution in [3.05, 3.63) is 35.3 Å². The Morgan fingerprint density at radius 2 is 1.70 bits per heavy atom. The first kappa shape index (κ1) is 15.9. The van der Waals surface area contributed by atoms with Crippen LogP contribution in [0.15, 0.2) is 23.1 Å². The van der Waals surface area contributed by atoms with E-state index in [4.69, 9.17) is 14.2 Å². The second-order valence-corrected chi connectivity index (χ2v) is 6.23. The van der Waals surface area contributed by atoms with Gasteiger partial charge >= 0.3 is 0 Å². The second kappa shape index (κ2) is 7.04. The van der Waals surface area contributed by atoms with E-state index >= 15 is 0 Å². The Morgan fingerprint density at radius 1 is 0.957 bits per heavy atom. The van der Waals surface area contributed by atoms with Gasteiger partial charge in [0.05, 0.1) is 17.2 Å². The number of fused-ring (bicyclic) bond motifs is 2. The molecule has 122 valence electrons. The largest absolute Gasteiger partial charge is 0.486 e. The maximum atomic E-state index is 13.0. The van der Waals surface area contributed by atoms with Crippen LogP contribution in [0.2, 0.25) is 0 Å². The Labute approximate surface area is 138 Å². The van der Waals surface area contributed by atoms with Crippen molar-refractivity contribution in [2.75, 3.05) is 25.6 Å². The Balaban J connectivity index is 0.000000136. The summed E-state index contributed by atoms with van der Waals surface area (Å²) in [6, 6.07) is 5.03. The van der Waals surface area contributed by atoms with Gasteiger partial charge in [-0.05, 0) is 31.5 Å². The fourth-order valence-corrected chi connectivity index (χ4v) is 2.98. The van der Waals surface area contributed by atoms with Gasteiger partial charge in [-0.1, -0.05) is 0 Å². The standard InChI is InChI=1S/C9H9FO2.C7H8N2OS/c1-6-4-8-9(5-7(6)10)12-3-2-11-8;1-5-4-6-7(9-8-5)10-2-3-11-6/h4-5H,2-3H2,1H3;4H,2-3H2,1H3. The van der Waals surface area contributed by atoms with E-state index in [1.165, 1.54) is 6.07 Å². The van der Waals surface area contributed by atoms with E-state index in [2.05, 4.69) is 10.2 Å². The SMILES string of the molecule is Cc1cc2c(cc1F)OCCO2.Cc1cc2c(nn1)OCCS2. The number of hydrogen-bond donors (Lipinski definition) is 0. The van der Waals surface area contributed by atoms with Crippen molar-refractivity contribution >= 4 is 11.8 Å². The van der Waals surface area contributed by atoms with Crippen LogP contribution in [0.1, 0.15) is 11.3 Å². The molecular weight excluding hydrogens is 319 g/mol. The molecule has 1 aromatic heterocycles. The molecule has 1 aromatic carbocycles. The minimum absolute atomic E-state index is 0.251. The van der Waals surface area contributed by atoms with Crippen LogP contribution in [0, 0.1) is 19.7 Å². The van der Waals surface area contributed by atoms with Crippen LogP contribution < -0.4 is 14.2 Å². The summed E-state index contributed by atoms with van der Waals surface area (Å²) in [5.41, 5.74) is 1.53. The molecule has 0 bridgehead atoms. The van der Waals surface area contributed by atoms with Crippen LogP contribution in [0.4, 0.5) is 4.39 Å². The number of nitrogens with zero attached hydrogens (tertiary/aromatic N) is 2. The van der Waals surface area contributed by atoms with Gasteiger partial charge in [-0.15, -0.1) is 16.9 Å². The van der Waals surface area contributed by atoms with Crippen LogP contribution in [-0.2, 0) is 0 Å². The highest BCUT2D eigenvalue weighted by molar-refractivity contribution is 7.99. The lowest BCUT2D eigenvalue weighted by atomic mass is 10.2. The molecule has 0 spiro atoms. The van der Waals surface area contributed by atoms with Gasteiger partial charge in [0, 0.05) is 11.8 Å². The van der Waals surface area contributed by atoms with Gasteiger partial charge in [0.1, 0.15) is 19.0 Å². The van der Waals surface area contributed by atoms with E-state index < -0.39 is 0 Å². The smallest absolute Gasteiger partial charge is 0.247 e. The number of rotatable bonds is 0. The quantitative estimate of drug-likeness (QED) is 0.736. The first-order chi connectivity index (χ1) is 11.1. The third-order valence-corrected chi connectivity index (χ3v) is 4.23. The van der Waals surface area contributed by atoms with Crippen molar-refractivity contribution in [2.24, 2.45) is 0 Å². The number of benzene rings is 1. The van der Waals surface area contributed by atoms with Crippen molar-refractivity contribution in [2.45, 2.75) is 18.7 Å². The molecule has 4 rings (SSSR count). The Hall–Kier alpha value is -2.02. The lowest BCUT2D eigenvalue weighted by Crippen LogP contribution is -2.15. The predicted octanol–water partition coefficient (Wildman–Crippen LogP) is 3.17. The molecule has 0 amide bonds. The third kappa shape index (κ3) is 3.85. The van der Waals surface area contributed by atoms with Crippen molar-refractivity contribution in [3.8, 4) is 17.4 Å². The van der Waals surface area contributed by atoms with Crippen molar-refractivity contribution in [1.82, 2.24) is 10.2 Å². The topological polar surface area (TPSA) is 53.5 Å². The van der Waals surface area contributed by atoms with E-state index in [0.29, 0.717) is 36.2 Å². The van der Waals surface area contributed by atoms with E-state index in [9.17, 15) is 4.39 Å². The molecule has 23 heavy (non-hydrogen) atoms. The van der Waals surface area contributed by atoms with Gasteiger partial charge in [0.2, 0.25) is 5.88 Å². The third-order valence-electron chi connectivity index (χ3n) is 3.25. The summed E-state index contributed by atoms with van der Waals surface area (Å²) in [5, 5.41) is 7.83. The summed E-state index contributed by atoms with van der Waals surface area (Å²) in [4.78, 5) is 1.11. The monoisotopic (exact) mass is 336 g/mol. The van der Waals surface area contributed by atoms with Crippen LogP contribution in [0.3, 0.4) is 0 Å². The van der Waals surface area contributed by atoms with Crippen LogP contribution in [-0.4, -0.2) is 35.8 Å². The summed E-state index contributed by atoms with van der Waals surface area (Å²) >= 11 is 1.78. The van der Waals surface area contributed by atoms with Gasteiger partial charge < -0.3 is 14.2 Å². The second-order valence-electron chi connectivity index (χ2n) is 5.10. The number of ether oxygens (including phenoxy) is 3. The molecule has 3 heterocycles. The maximum absolute atomic E-state index is 13.0. The normalized spacial score (nSPS) is 14.9. The zero-order valence-corrected chi connectivity index (χ0v) is 13.8. The van der Waals surface area contributed by atoms with Gasteiger partial charge in [-0.3, -0.25) is 0 Å². The highest BCUT2D eigenvalue weighted by Gasteiger charge is 2.13. The number of aromatic nitrogens is 2. The molecule has 0 N–H and O–H groups in total. The van der Waals surface area contributed by atoms with E-state index in [1.54, 1.807) is 24.8 Å². The summed E-state index contributed by atoms with van der Waals surface area (Å²) in [5.74, 6) is 2.59.